The Balaban J connectivity index is 1.76. The van der Waals surface area contributed by atoms with E-state index in [2.05, 4.69) is 10.3 Å². The van der Waals surface area contributed by atoms with Gasteiger partial charge in [-0.1, -0.05) is 30.3 Å². The van der Waals surface area contributed by atoms with E-state index in [0.717, 1.165) is 31.5 Å². The molecule has 1 atom stereocenters. The molecular weight excluding hydrogens is 302 g/mol. The molecule has 5 heteroatoms. The molecule has 0 radical (unpaired) electrons. The van der Waals surface area contributed by atoms with Gasteiger partial charge in [0.2, 0.25) is 5.91 Å². The summed E-state index contributed by atoms with van der Waals surface area (Å²) < 4.78 is 0. The molecule has 2 aromatic rings. The first kappa shape index (κ1) is 16.2. The van der Waals surface area contributed by atoms with Crippen molar-refractivity contribution >= 4 is 11.8 Å². The van der Waals surface area contributed by atoms with Crippen LogP contribution in [0.4, 0.5) is 0 Å². The molecule has 1 fully saturated rings. The molecule has 2 amide bonds. The Morgan fingerprint density at radius 2 is 1.83 bits per heavy atom. The molecule has 24 heavy (non-hydrogen) atoms. The first-order valence-corrected chi connectivity index (χ1v) is 8.27. The van der Waals surface area contributed by atoms with Gasteiger partial charge in [-0.2, -0.15) is 0 Å². The van der Waals surface area contributed by atoms with Crippen LogP contribution in [0.2, 0.25) is 0 Å². The molecule has 1 aliphatic rings. The Hall–Kier alpha value is -2.69. The summed E-state index contributed by atoms with van der Waals surface area (Å²) in [6, 6.07) is 12.6. The van der Waals surface area contributed by atoms with Crippen molar-refractivity contribution in [2.24, 2.45) is 0 Å². The number of nitrogens with one attached hydrogen (secondary N) is 1. The maximum Gasteiger partial charge on any atom is 0.253 e. The van der Waals surface area contributed by atoms with Gasteiger partial charge in [0.05, 0.1) is 5.56 Å². The van der Waals surface area contributed by atoms with E-state index in [9.17, 15) is 9.59 Å². The van der Waals surface area contributed by atoms with Crippen LogP contribution in [0.25, 0.3) is 0 Å². The Kier molecular flexibility index (Phi) is 5.21. The van der Waals surface area contributed by atoms with Crippen LogP contribution >= 0.6 is 0 Å². The van der Waals surface area contributed by atoms with Gasteiger partial charge in [-0.25, -0.2) is 0 Å². The lowest BCUT2D eigenvalue weighted by Crippen LogP contribution is -2.49. The van der Waals surface area contributed by atoms with Crippen LogP contribution in [0.1, 0.15) is 28.8 Å². The maximum absolute atomic E-state index is 12.8. The minimum absolute atomic E-state index is 0.00593. The predicted molar refractivity (Wildman–Crippen MR) is 91.5 cm³/mol. The lowest BCUT2D eigenvalue weighted by Gasteiger charge is -2.24. The number of hydrogen-bond donors (Lipinski definition) is 1. The summed E-state index contributed by atoms with van der Waals surface area (Å²) in [6.45, 7) is 1.54. The number of nitrogens with zero attached hydrogens (tertiary/aromatic N) is 2. The standard InChI is InChI=1S/C19H21N3O2/c23-18(16-9-6-10-20-14-16)21-17(13-15-7-2-1-3-8-15)19(24)22-11-4-5-12-22/h1-3,6-10,14,17H,4-5,11-13H2,(H,21,23)/t17-/m0/s1. The van der Waals surface area contributed by atoms with Gasteiger partial charge in [-0.3, -0.25) is 14.6 Å². The van der Waals surface area contributed by atoms with E-state index in [-0.39, 0.29) is 11.8 Å². The number of carbonyl (C=O) groups is 2. The second-order valence-corrected chi connectivity index (χ2v) is 5.99. The average Bonchev–Trinajstić information content (AvgIpc) is 3.17. The van der Waals surface area contributed by atoms with E-state index < -0.39 is 6.04 Å². The second-order valence-electron chi connectivity index (χ2n) is 5.99. The van der Waals surface area contributed by atoms with Crippen LogP contribution in [0, 0.1) is 0 Å². The van der Waals surface area contributed by atoms with Crippen LogP contribution < -0.4 is 5.32 Å². The zero-order valence-electron chi connectivity index (χ0n) is 13.5. The van der Waals surface area contributed by atoms with Crippen LogP contribution in [0.3, 0.4) is 0 Å². The molecule has 5 nitrogen and oxygen atoms in total. The molecule has 1 aromatic carbocycles. The fraction of sp³-hybridized carbons (Fsp3) is 0.316. The summed E-state index contributed by atoms with van der Waals surface area (Å²) in [6.07, 6.45) is 5.67. The first-order chi connectivity index (χ1) is 11.7. The van der Waals surface area contributed by atoms with Gasteiger partial charge < -0.3 is 10.2 Å². The highest BCUT2D eigenvalue weighted by Gasteiger charge is 2.28. The molecule has 1 saturated heterocycles. The Labute approximate surface area is 141 Å². The lowest BCUT2D eigenvalue weighted by molar-refractivity contribution is -0.132. The maximum atomic E-state index is 12.8. The minimum atomic E-state index is -0.557. The number of carbonyl (C=O) groups excluding carboxylic acids is 2. The van der Waals surface area contributed by atoms with Crippen molar-refractivity contribution in [3.05, 3.63) is 66.0 Å². The van der Waals surface area contributed by atoms with E-state index in [1.807, 2.05) is 35.2 Å². The van der Waals surface area contributed by atoms with Gasteiger partial charge in [-0.05, 0) is 30.5 Å². The molecule has 0 bridgehead atoms. The normalized spacial score (nSPS) is 15.1. The van der Waals surface area contributed by atoms with Crippen molar-refractivity contribution in [3.8, 4) is 0 Å². The number of aromatic nitrogens is 1. The third kappa shape index (κ3) is 3.98. The van der Waals surface area contributed by atoms with Crippen LogP contribution in [0.15, 0.2) is 54.9 Å². The summed E-state index contributed by atoms with van der Waals surface area (Å²) in [5.74, 6) is -0.273. The number of pyridine rings is 1. The summed E-state index contributed by atoms with van der Waals surface area (Å²) in [5, 5.41) is 2.89. The lowest BCUT2D eigenvalue weighted by atomic mass is 10.0. The summed E-state index contributed by atoms with van der Waals surface area (Å²) in [4.78, 5) is 31.1. The summed E-state index contributed by atoms with van der Waals surface area (Å²) >= 11 is 0. The molecule has 1 aromatic heterocycles. The number of rotatable bonds is 5. The molecular formula is C19H21N3O2. The van der Waals surface area contributed by atoms with Crippen molar-refractivity contribution < 1.29 is 9.59 Å². The first-order valence-electron chi connectivity index (χ1n) is 8.27. The molecule has 0 unspecified atom stereocenters. The Morgan fingerprint density at radius 3 is 2.50 bits per heavy atom. The molecule has 3 rings (SSSR count). The number of hydrogen-bond acceptors (Lipinski definition) is 3. The van der Waals surface area contributed by atoms with Crippen LogP contribution in [0.5, 0.6) is 0 Å². The smallest absolute Gasteiger partial charge is 0.253 e. The molecule has 0 saturated carbocycles. The quantitative estimate of drug-likeness (QED) is 0.916. The topological polar surface area (TPSA) is 62.3 Å². The largest absolute Gasteiger partial charge is 0.341 e. The van der Waals surface area contributed by atoms with E-state index in [4.69, 9.17) is 0 Å². The molecule has 1 aliphatic heterocycles. The van der Waals surface area contributed by atoms with Gasteiger partial charge in [0.15, 0.2) is 0 Å². The highest BCUT2D eigenvalue weighted by atomic mass is 16.2. The molecule has 124 valence electrons. The van der Waals surface area contributed by atoms with Gasteiger partial charge in [0.25, 0.3) is 5.91 Å². The van der Waals surface area contributed by atoms with Crippen molar-refractivity contribution in [1.29, 1.82) is 0 Å². The third-order valence-electron chi connectivity index (χ3n) is 4.23. The Morgan fingerprint density at radius 1 is 1.08 bits per heavy atom. The summed E-state index contributed by atoms with van der Waals surface area (Å²) in [7, 11) is 0. The fourth-order valence-corrected chi connectivity index (χ4v) is 2.95. The van der Waals surface area contributed by atoms with Gasteiger partial charge in [0, 0.05) is 31.9 Å². The summed E-state index contributed by atoms with van der Waals surface area (Å²) in [5.41, 5.74) is 1.49. The van der Waals surface area contributed by atoms with Crippen molar-refractivity contribution in [2.75, 3.05) is 13.1 Å². The van der Waals surface area contributed by atoms with E-state index >= 15 is 0 Å². The van der Waals surface area contributed by atoms with E-state index in [0.29, 0.717) is 12.0 Å². The molecule has 2 heterocycles. The number of amides is 2. The molecule has 1 N–H and O–H groups in total. The SMILES string of the molecule is O=C(N[C@@H](Cc1ccccc1)C(=O)N1CCCC1)c1cccnc1. The van der Waals surface area contributed by atoms with Crippen molar-refractivity contribution in [3.63, 3.8) is 0 Å². The Bertz CT molecular complexity index is 682. The van der Waals surface area contributed by atoms with Gasteiger partial charge in [-0.15, -0.1) is 0 Å². The fourth-order valence-electron chi connectivity index (χ4n) is 2.95. The monoisotopic (exact) mass is 323 g/mol. The average molecular weight is 323 g/mol. The van der Waals surface area contributed by atoms with Gasteiger partial charge in [0.1, 0.15) is 6.04 Å². The van der Waals surface area contributed by atoms with Crippen LogP contribution in [-0.2, 0) is 11.2 Å². The second kappa shape index (κ2) is 7.73. The van der Waals surface area contributed by atoms with E-state index in [1.165, 1.54) is 6.20 Å². The number of benzene rings is 1. The third-order valence-corrected chi connectivity index (χ3v) is 4.23. The molecule has 0 spiro atoms. The minimum Gasteiger partial charge on any atom is -0.341 e. The predicted octanol–water partition coefficient (Wildman–Crippen LogP) is 2.05. The van der Waals surface area contributed by atoms with Crippen molar-refractivity contribution in [2.45, 2.75) is 25.3 Å². The molecule has 0 aliphatic carbocycles. The van der Waals surface area contributed by atoms with Gasteiger partial charge >= 0.3 is 0 Å². The number of likely N-dealkylation sites (tertiary alicyclic amines) is 1. The highest BCUT2D eigenvalue weighted by molar-refractivity contribution is 5.97. The van der Waals surface area contributed by atoms with Crippen molar-refractivity contribution in [1.82, 2.24) is 15.2 Å². The zero-order valence-corrected chi connectivity index (χ0v) is 13.5. The highest BCUT2D eigenvalue weighted by Crippen LogP contribution is 2.13. The zero-order chi connectivity index (χ0) is 16.8. The van der Waals surface area contributed by atoms with Crippen LogP contribution in [-0.4, -0.2) is 40.8 Å². The van der Waals surface area contributed by atoms with E-state index in [1.54, 1.807) is 18.3 Å².